The first kappa shape index (κ1) is 19.1. The maximum absolute atomic E-state index is 12.6. The molecule has 3 aromatic rings. The number of pyridine rings is 1. The minimum Gasteiger partial charge on any atom is -0.342 e. The molecule has 1 aromatic heterocycles. The number of aromatic nitrogens is 1. The molecule has 0 saturated carbocycles. The molecule has 0 bridgehead atoms. The molecule has 0 saturated heterocycles. The number of benzene rings is 2. The van der Waals surface area contributed by atoms with Crippen LogP contribution in [0.2, 0.25) is 0 Å². The molecule has 0 unspecified atom stereocenters. The summed E-state index contributed by atoms with van der Waals surface area (Å²) in [5.74, 6) is -0.435. The topological polar surface area (TPSA) is 74.3 Å². The Labute approximate surface area is 164 Å². The zero-order chi connectivity index (χ0) is 19.9. The highest BCUT2D eigenvalue weighted by Gasteiger charge is 2.12. The van der Waals surface area contributed by atoms with Crippen molar-refractivity contribution in [2.45, 2.75) is 13.8 Å². The first-order valence-corrected chi connectivity index (χ1v) is 9.04. The summed E-state index contributed by atoms with van der Waals surface area (Å²) < 4.78 is 0. The number of hydrogen-bond acceptors (Lipinski definition) is 4. The average Bonchev–Trinajstić information content (AvgIpc) is 2.71. The Balaban J connectivity index is 1.76. The Bertz CT molecular complexity index is 956. The SMILES string of the molecule is CCN(c1ccccc1)c1ccnc(C(=O)Nc2ccc(NC(C)=O)cc2)c1. The van der Waals surface area contributed by atoms with Gasteiger partial charge in [0.1, 0.15) is 5.69 Å². The number of carbonyl (C=O) groups excluding carboxylic acids is 2. The van der Waals surface area contributed by atoms with Gasteiger partial charge in [0.2, 0.25) is 5.91 Å². The van der Waals surface area contributed by atoms with Crippen LogP contribution >= 0.6 is 0 Å². The summed E-state index contributed by atoms with van der Waals surface area (Å²) in [5.41, 5.74) is 3.58. The predicted octanol–water partition coefficient (Wildman–Crippen LogP) is 4.45. The largest absolute Gasteiger partial charge is 0.342 e. The Hall–Kier alpha value is -3.67. The highest BCUT2D eigenvalue weighted by molar-refractivity contribution is 6.03. The van der Waals surface area contributed by atoms with E-state index in [2.05, 4.69) is 27.4 Å². The number of nitrogens with zero attached hydrogens (tertiary/aromatic N) is 2. The van der Waals surface area contributed by atoms with Crippen molar-refractivity contribution >= 4 is 34.6 Å². The van der Waals surface area contributed by atoms with E-state index >= 15 is 0 Å². The van der Waals surface area contributed by atoms with Gasteiger partial charge in [0.15, 0.2) is 0 Å². The summed E-state index contributed by atoms with van der Waals surface area (Å²) in [6, 6.07) is 20.6. The summed E-state index contributed by atoms with van der Waals surface area (Å²) in [4.78, 5) is 30.0. The predicted molar refractivity (Wildman–Crippen MR) is 112 cm³/mol. The first-order valence-electron chi connectivity index (χ1n) is 9.04. The Kier molecular flexibility index (Phi) is 6.01. The quantitative estimate of drug-likeness (QED) is 0.668. The molecular formula is C22H22N4O2. The monoisotopic (exact) mass is 374 g/mol. The van der Waals surface area contributed by atoms with Crippen LogP contribution in [0.25, 0.3) is 0 Å². The van der Waals surface area contributed by atoms with E-state index in [1.165, 1.54) is 6.92 Å². The second kappa shape index (κ2) is 8.81. The molecule has 0 aliphatic carbocycles. The van der Waals surface area contributed by atoms with Crippen LogP contribution in [0.1, 0.15) is 24.3 Å². The van der Waals surface area contributed by atoms with Crippen molar-refractivity contribution in [3.63, 3.8) is 0 Å². The molecule has 1 heterocycles. The van der Waals surface area contributed by atoms with Crippen LogP contribution in [-0.4, -0.2) is 23.3 Å². The molecule has 28 heavy (non-hydrogen) atoms. The fraction of sp³-hybridized carbons (Fsp3) is 0.136. The normalized spacial score (nSPS) is 10.2. The van der Waals surface area contributed by atoms with Gasteiger partial charge < -0.3 is 15.5 Å². The minimum absolute atomic E-state index is 0.142. The van der Waals surface area contributed by atoms with Gasteiger partial charge in [-0.15, -0.1) is 0 Å². The third kappa shape index (κ3) is 4.73. The van der Waals surface area contributed by atoms with E-state index in [0.29, 0.717) is 17.1 Å². The summed E-state index contributed by atoms with van der Waals surface area (Å²) in [6.45, 7) is 4.27. The van der Waals surface area contributed by atoms with Gasteiger partial charge in [-0.2, -0.15) is 0 Å². The molecule has 0 atom stereocenters. The standard InChI is InChI=1S/C22H22N4O2/c1-3-26(19-7-5-4-6-8-19)20-13-14-23-21(15-20)22(28)25-18-11-9-17(10-12-18)24-16(2)27/h4-15H,3H2,1-2H3,(H,24,27)(H,25,28). The molecule has 0 radical (unpaired) electrons. The number of para-hydroxylation sites is 1. The van der Waals surface area contributed by atoms with Crippen LogP contribution in [-0.2, 0) is 4.79 Å². The van der Waals surface area contributed by atoms with Gasteiger partial charge in [-0.05, 0) is 55.5 Å². The number of rotatable bonds is 6. The van der Waals surface area contributed by atoms with Gasteiger partial charge in [-0.3, -0.25) is 14.6 Å². The average molecular weight is 374 g/mol. The molecule has 0 aliphatic heterocycles. The van der Waals surface area contributed by atoms with Gasteiger partial charge in [-0.1, -0.05) is 18.2 Å². The molecule has 2 N–H and O–H groups in total. The molecule has 0 fully saturated rings. The highest BCUT2D eigenvalue weighted by atomic mass is 16.2. The van der Waals surface area contributed by atoms with Crippen LogP contribution in [0.3, 0.4) is 0 Å². The molecule has 6 nitrogen and oxygen atoms in total. The fourth-order valence-electron chi connectivity index (χ4n) is 2.87. The van der Waals surface area contributed by atoms with Gasteiger partial charge in [0, 0.05) is 42.4 Å². The van der Waals surface area contributed by atoms with E-state index in [4.69, 9.17) is 0 Å². The van der Waals surface area contributed by atoms with Crippen molar-refractivity contribution in [1.82, 2.24) is 4.98 Å². The minimum atomic E-state index is -0.293. The van der Waals surface area contributed by atoms with Crippen molar-refractivity contribution in [3.8, 4) is 0 Å². The van der Waals surface area contributed by atoms with Crippen molar-refractivity contribution in [1.29, 1.82) is 0 Å². The van der Waals surface area contributed by atoms with Crippen LogP contribution < -0.4 is 15.5 Å². The number of anilines is 4. The van der Waals surface area contributed by atoms with Crippen molar-refractivity contribution in [2.24, 2.45) is 0 Å². The highest BCUT2D eigenvalue weighted by Crippen LogP contribution is 2.25. The maximum Gasteiger partial charge on any atom is 0.274 e. The second-order valence-electron chi connectivity index (χ2n) is 6.19. The Morgan fingerprint density at radius 2 is 1.54 bits per heavy atom. The van der Waals surface area contributed by atoms with Crippen LogP contribution in [0.4, 0.5) is 22.7 Å². The van der Waals surface area contributed by atoms with E-state index in [9.17, 15) is 9.59 Å². The third-order valence-corrected chi connectivity index (χ3v) is 4.14. The lowest BCUT2D eigenvalue weighted by Crippen LogP contribution is -2.18. The molecule has 0 spiro atoms. The lowest BCUT2D eigenvalue weighted by atomic mass is 10.2. The lowest BCUT2D eigenvalue weighted by Gasteiger charge is -2.23. The number of amides is 2. The molecule has 2 aromatic carbocycles. The molecule has 0 aliphatic rings. The second-order valence-corrected chi connectivity index (χ2v) is 6.19. The van der Waals surface area contributed by atoms with Gasteiger partial charge in [0.25, 0.3) is 5.91 Å². The van der Waals surface area contributed by atoms with E-state index < -0.39 is 0 Å². The summed E-state index contributed by atoms with van der Waals surface area (Å²) in [5, 5.41) is 5.52. The molecular weight excluding hydrogens is 352 g/mol. The Morgan fingerprint density at radius 3 is 2.14 bits per heavy atom. The number of hydrogen-bond donors (Lipinski definition) is 2. The van der Waals surface area contributed by atoms with Crippen LogP contribution in [0.5, 0.6) is 0 Å². The van der Waals surface area contributed by atoms with Gasteiger partial charge in [-0.25, -0.2) is 0 Å². The summed E-state index contributed by atoms with van der Waals surface area (Å²) in [7, 11) is 0. The third-order valence-electron chi connectivity index (χ3n) is 4.14. The van der Waals surface area contributed by atoms with Crippen LogP contribution in [0, 0.1) is 0 Å². The molecule has 3 rings (SSSR count). The van der Waals surface area contributed by atoms with Gasteiger partial charge >= 0.3 is 0 Å². The van der Waals surface area contributed by atoms with Gasteiger partial charge in [0.05, 0.1) is 0 Å². The lowest BCUT2D eigenvalue weighted by molar-refractivity contribution is -0.114. The first-order chi connectivity index (χ1) is 13.6. The number of nitrogens with one attached hydrogen (secondary N) is 2. The number of carbonyl (C=O) groups is 2. The fourth-order valence-corrected chi connectivity index (χ4v) is 2.87. The smallest absolute Gasteiger partial charge is 0.274 e. The zero-order valence-electron chi connectivity index (χ0n) is 15.8. The van der Waals surface area contributed by atoms with E-state index in [1.54, 1.807) is 36.5 Å². The van der Waals surface area contributed by atoms with Crippen molar-refractivity contribution < 1.29 is 9.59 Å². The molecule has 6 heteroatoms. The Morgan fingerprint density at radius 1 is 0.893 bits per heavy atom. The maximum atomic E-state index is 12.6. The summed E-state index contributed by atoms with van der Waals surface area (Å²) in [6.07, 6.45) is 1.63. The van der Waals surface area contributed by atoms with E-state index in [0.717, 1.165) is 17.9 Å². The summed E-state index contributed by atoms with van der Waals surface area (Å²) >= 11 is 0. The van der Waals surface area contributed by atoms with Crippen LogP contribution in [0.15, 0.2) is 72.9 Å². The van der Waals surface area contributed by atoms with E-state index in [-0.39, 0.29) is 11.8 Å². The van der Waals surface area contributed by atoms with Crippen molar-refractivity contribution in [3.05, 3.63) is 78.6 Å². The molecule has 2 amide bonds. The van der Waals surface area contributed by atoms with Crippen molar-refractivity contribution in [2.75, 3.05) is 22.1 Å². The molecule has 142 valence electrons. The van der Waals surface area contributed by atoms with E-state index in [1.807, 2.05) is 36.4 Å². The zero-order valence-corrected chi connectivity index (χ0v) is 15.8.